The Kier molecular flexibility index (Phi) is 0.867. The highest BCUT2D eigenvalue weighted by atomic mass is 16.2. The van der Waals surface area contributed by atoms with E-state index in [4.69, 9.17) is 0 Å². The highest BCUT2D eigenvalue weighted by Gasteiger charge is 2.83. The number of rotatable bonds is 0. The van der Waals surface area contributed by atoms with E-state index >= 15 is 0 Å². The Balaban J connectivity index is 1.80. The molecule has 0 unspecified atom stereocenters. The van der Waals surface area contributed by atoms with Crippen LogP contribution in [0.15, 0.2) is 9.59 Å². The Morgan fingerprint density at radius 2 is 1.53 bits per heavy atom. The van der Waals surface area contributed by atoms with Gasteiger partial charge in [-0.25, -0.2) is 23.5 Å². The maximum Gasteiger partial charge on any atom is 0.347 e. The number of hydrogen-bond donors (Lipinski definition) is 0. The Labute approximate surface area is 96.6 Å². The van der Waals surface area contributed by atoms with E-state index in [1.807, 2.05) is 9.36 Å². The molecule has 0 aromatic carbocycles. The zero-order valence-corrected chi connectivity index (χ0v) is 9.48. The lowest BCUT2D eigenvalue weighted by molar-refractivity contribution is -0.264. The zero-order chi connectivity index (χ0) is 11.2. The molecule has 1 aromatic rings. The molecule has 5 nitrogen and oxygen atoms in total. The number of aromatic nitrogens is 3. The average Bonchev–Trinajstić information content (AvgIpc) is 2.80. The van der Waals surface area contributed by atoms with E-state index in [2.05, 4.69) is 0 Å². The molecular weight excluding hydrogens is 218 g/mol. The summed E-state index contributed by atoms with van der Waals surface area (Å²) in [5, 5.41) is 0. The molecule has 5 heteroatoms. The molecule has 17 heavy (non-hydrogen) atoms. The molecule has 0 N–H and O–H groups in total. The fourth-order valence-electron chi connectivity index (χ4n) is 6.52. The van der Waals surface area contributed by atoms with E-state index in [-0.39, 0.29) is 11.4 Å². The predicted molar refractivity (Wildman–Crippen MR) is 57.6 cm³/mol. The van der Waals surface area contributed by atoms with Crippen LogP contribution in [-0.4, -0.2) is 13.9 Å². The lowest BCUT2D eigenvalue weighted by Crippen LogP contribution is -2.73. The van der Waals surface area contributed by atoms with Gasteiger partial charge in [-0.2, -0.15) is 0 Å². The van der Waals surface area contributed by atoms with Crippen LogP contribution in [0.3, 0.4) is 0 Å². The van der Waals surface area contributed by atoms with Crippen LogP contribution < -0.4 is 11.4 Å². The summed E-state index contributed by atoms with van der Waals surface area (Å²) in [6, 6.07) is 0.742. The Hall–Kier alpha value is -1.26. The van der Waals surface area contributed by atoms with Crippen molar-refractivity contribution in [1.82, 2.24) is 13.9 Å². The first-order chi connectivity index (χ1) is 8.22. The minimum Gasteiger partial charge on any atom is -0.246 e. The molecule has 0 saturated heterocycles. The summed E-state index contributed by atoms with van der Waals surface area (Å²) >= 11 is 0. The lowest BCUT2D eigenvalue weighted by atomic mass is 9.37. The quantitative estimate of drug-likeness (QED) is 0.609. The first-order valence-corrected chi connectivity index (χ1v) is 6.62. The first-order valence-electron chi connectivity index (χ1n) is 6.62. The van der Waals surface area contributed by atoms with Gasteiger partial charge in [-0.3, -0.25) is 0 Å². The molecule has 4 bridgehead atoms. The Morgan fingerprint density at radius 3 is 2.24 bits per heavy atom. The van der Waals surface area contributed by atoms with Crippen molar-refractivity contribution in [2.45, 2.75) is 18.5 Å². The van der Waals surface area contributed by atoms with Gasteiger partial charge in [0.2, 0.25) is 0 Å². The summed E-state index contributed by atoms with van der Waals surface area (Å²) in [5.74, 6) is 4.74. The third-order valence-corrected chi connectivity index (χ3v) is 6.75. The third-order valence-electron chi connectivity index (χ3n) is 6.75. The first kappa shape index (κ1) is 7.95. The molecule has 3 heterocycles. The van der Waals surface area contributed by atoms with Gasteiger partial charge in [0.05, 0.1) is 12.1 Å². The summed E-state index contributed by atoms with van der Waals surface area (Å²) in [6.45, 7) is 0. The number of nitrogens with zero attached hydrogens (tertiary/aromatic N) is 3. The predicted octanol–water partition coefficient (Wildman–Crippen LogP) is -0.414. The highest BCUT2D eigenvalue weighted by Crippen LogP contribution is 2.85. The van der Waals surface area contributed by atoms with Crippen molar-refractivity contribution in [3.63, 3.8) is 0 Å². The van der Waals surface area contributed by atoms with Crippen molar-refractivity contribution in [2.24, 2.45) is 42.6 Å². The smallest absolute Gasteiger partial charge is 0.246 e. The Bertz CT molecular complexity index is 706. The average molecular weight is 231 g/mol. The van der Waals surface area contributed by atoms with E-state index < -0.39 is 0 Å². The fraction of sp³-hybridized carbons (Fsp3) is 0.833. The van der Waals surface area contributed by atoms with Crippen LogP contribution in [0.1, 0.15) is 18.5 Å². The maximum absolute atomic E-state index is 12.2. The molecule has 4 saturated carbocycles. The van der Waals surface area contributed by atoms with Crippen molar-refractivity contribution in [3.8, 4) is 0 Å². The highest BCUT2D eigenvalue weighted by molar-refractivity contribution is 5.30. The fourth-order valence-corrected chi connectivity index (χ4v) is 6.52. The van der Waals surface area contributed by atoms with Crippen LogP contribution in [0.25, 0.3) is 0 Å². The van der Waals surface area contributed by atoms with Gasteiger partial charge in [-0.05, 0) is 41.9 Å². The topological polar surface area (TPSA) is 48.9 Å². The molecule has 0 amide bonds. The van der Waals surface area contributed by atoms with Gasteiger partial charge in [0, 0.05) is 7.05 Å². The summed E-state index contributed by atoms with van der Waals surface area (Å²) in [4.78, 5) is 24.3. The van der Waals surface area contributed by atoms with Crippen molar-refractivity contribution in [2.75, 3.05) is 0 Å². The van der Waals surface area contributed by atoms with E-state index in [1.54, 1.807) is 7.05 Å². The van der Waals surface area contributed by atoms with Crippen LogP contribution in [0, 0.1) is 35.5 Å². The molecule has 4 fully saturated rings. The van der Waals surface area contributed by atoms with Crippen molar-refractivity contribution in [3.05, 3.63) is 21.0 Å². The minimum absolute atomic E-state index is 0.0853. The maximum atomic E-state index is 12.2. The van der Waals surface area contributed by atoms with Crippen molar-refractivity contribution < 1.29 is 0 Å². The second kappa shape index (κ2) is 1.85. The van der Waals surface area contributed by atoms with Crippen molar-refractivity contribution in [1.29, 1.82) is 0 Å². The summed E-state index contributed by atoms with van der Waals surface area (Å²) in [5.41, 5.74) is -0.173. The van der Waals surface area contributed by atoms with Gasteiger partial charge in [0.15, 0.2) is 0 Å². The molecular formula is C12H13N3O2. The van der Waals surface area contributed by atoms with Gasteiger partial charge >= 0.3 is 11.4 Å². The molecule has 6 aliphatic rings. The van der Waals surface area contributed by atoms with Crippen LogP contribution in [0.5, 0.6) is 0 Å². The van der Waals surface area contributed by atoms with E-state index in [0.717, 1.165) is 29.6 Å². The number of hydrogen-bond acceptors (Lipinski definition) is 2. The lowest BCUT2D eigenvalue weighted by Gasteiger charge is -2.73. The van der Waals surface area contributed by atoms with Crippen LogP contribution >= 0.6 is 0 Å². The minimum atomic E-state index is -0.0873. The summed E-state index contributed by atoms with van der Waals surface area (Å²) < 4.78 is 4.93. The molecule has 0 spiro atoms. The monoisotopic (exact) mass is 231 g/mol. The van der Waals surface area contributed by atoms with Crippen molar-refractivity contribution >= 4 is 0 Å². The standard InChI is InChI=1S/C12H13N3O2/c1-13-11(16)14-9-4-2-3-5-7(4)10(8(5)6(3)9)15(14)12(13)17/h3-10H,2H2,1H3/t3-,4+,5-,6-,7+,8+,9-,10-/m0/s1. The second-order valence-electron chi connectivity index (χ2n) is 6.67. The van der Waals surface area contributed by atoms with Gasteiger partial charge in [0.25, 0.3) is 0 Å². The largest absolute Gasteiger partial charge is 0.347 e. The van der Waals surface area contributed by atoms with Gasteiger partial charge in [-0.1, -0.05) is 0 Å². The van der Waals surface area contributed by atoms with E-state index in [1.165, 1.54) is 11.0 Å². The van der Waals surface area contributed by atoms with E-state index in [0.29, 0.717) is 18.0 Å². The third kappa shape index (κ3) is 0.478. The SMILES string of the molecule is Cn1c(=O)n2n(c1=O)[C@H]1[C@@H]3C[C@H]4[C@@H]5[C@H]([C@H]41)[C@@H]2[C@H]35. The van der Waals surface area contributed by atoms with Crippen LogP contribution in [-0.2, 0) is 7.05 Å². The summed E-state index contributed by atoms with van der Waals surface area (Å²) in [6.07, 6.45) is 1.33. The van der Waals surface area contributed by atoms with Crippen LogP contribution in [0.2, 0.25) is 0 Å². The molecule has 4 aliphatic carbocycles. The Morgan fingerprint density at radius 1 is 0.882 bits per heavy atom. The molecule has 8 atom stereocenters. The van der Waals surface area contributed by atoms with Gasteiger partial charge in [0.1, 0.15) is 0 Å². The zero-order valence-electron chi connectivity index (χ0n) is 9.48. The normalized spacial score (nSPS) is 57.9. The molecule has 88 valence electrons. The van der Waals surface area contributed by atoms with E-state index in [9.17, 15) is 9.59 Å². The molecule has 0 radical (unpaired) electrons. The molecule has 7 rings (SSSR count). The van der Waals surface area contributed by atoms with Gasteiger partial charge < -0.3 is 0 Å². The van der Waals surface area contributed by atoms with Crippen LogP contribution in [0.4, 0.5) is 0 Å². The van der Waals surface area contributed by atoms with Gasteiger partial charge in [-0.15, -0.1) is 0 Å². The second-order valence-corrected chi connectivity index (χ2v) is 6.67. The molecule has 1 aromatic heterocycles. The summed E-state index contributed by atoms with van der Waals surface area (Å²) in [7, 11) is 1.61. The molecule has 2 aliphatic heterocycles.